The van der Waals surface area contributed by atoms with Crippen molar-refractivity contribution in [2.24, 2.45) is 5.73 Å². The number of hydrogen-bond acceptors (Lipinski definition) is 2. The SMILES string of the molecule is C[C@H](N)c1ccc(I)c(Br)n1. The van der Waals surface area contributed by atoms with Crippen molar-refractivity contribution in [1.29, 1.82) is 0 Å². The predicted octanol–water partition coefficient (Wildman–Crippen LogP) is 2.47. The highest BCUT2D eigenvalue weighted by Gasteiger charge is 2.03. The van der Waals surface area contributed by atoms with Gasteiger partial charge in [-0.05, 0) is 57.6 Å². The van der Waals surface area contributed by atoms with Gasteiger partial charge < -0.3 is 5.73 Å². The van der Waals surface area contributed by atoms with Crippen molar-refractivity contribution in [3.05, 3.63) is 26.0 Å². The number of nitrogens with two attached hydrogens (primary N) is 1. The summed E-state index contributed by atoms with van der Waals surface area (Å²) in [5, 5.41) is 0. The summed E-state index contributed by atoms with van der Waals surface area (Å²) in [4.78, 5) is 4.26. The zero-order valence-electron chi connectivity index (χ0n) is 6.01. The molecule has 0 radical (unpaired) electrons. The molecule has 0 bridgehead atoms. The molecule has 4 heteroatoms. The van der Waals surface area contributed by atoms with Crippen LogP contribution in [-0.2, 0) is 0 Å². The highest BCUT2D eigenvalue weighted by molar-refractivity contribution is 14.1. The van der Waals surface area contributed by atoms with E-state index in [1.54, 1.807) is 0 Å². The smallest absolute Gasteiger partial charge is 0.119 e. The summed E-state index contributed by atoms with van der Waals surface area (Å²) in [5.74, 6) is 0. The molecule has 1 aromatic rings. The number of hydrogen-bond donors (Lipinski definition) is 1. The molecule has 2 nitrogen and oxygen atoms in total. The molecule has 0 fully saturated rings. The molecule has 1 rings (SSSR count). The van der Waals surface area contributed by atoms with Crippen LogP contribution in [0.1, 0.15) is 18.7 Å². The highest BCUT2D eigenvalue weighted by Crippen LogP contribution is 2.18. The Morgan fingerprint density at radius 3 is 2.73 bits per heavy atom. The van der Waals surface area contributed by atoms with Crippen molar-refractivity contribution in [2.45, 2.75) is 13.0 Å². The normalized spacial score (nSPS) is 13.1. The molecule has 0 saturated carbocycles. The van der Waals surface area contributed by atoms with Gasteiger partial charge in [0, 0.05) is 9.61 Å². The number of pyridine rings is 1. The van der Waals surface area contributed by atoms with Crippen LogP contribution in [0.2, 0.25) is 0 Å². The van der Waals surface area contributed by atoms with Gasteiger partial charge in [0.15, 0.2) is 0 Å². The van der Waals surface area contributed by atoms with Gasteiger partial charge in [-0.25, -0.2) is 4.98 Å². The molecule has 1 atom stereocenters. The van der Waals surface area contributed by atoms with Crippen LogP contribution in [-0.4, -0.2) is 4.98 Å². The molecule has 1 heterocycles. The van der Waals surface area contributed by atoms with E-state index in [1.165, 1.54) is 0 Å². The third kappa shape index (κ3) is 2.38. The summed E-state index contributed by atoms with van der Waals surface area (Å²) in [6.45, 7) is 1.92. The van der Waals surface area contributed by atoms with Crippen LogP contribution >= 0.6 is 38.5 Å². The lowest BCUT2D eigenvalue weighted by Crippen LogP contribution is -2.07. The van der Waals surface area contributed by atoms with Gasteiger partial charge >= 0.3 is 0 Å². The van der Waals surface area contributed by atoms with Gasteiger partial charge in [0.05, 0.1) is 5.69 Å². The summed E-state index contributed by atoms with van der Waals surface area (Å²) in [5.41, 5.74) is 6.56. The number of rotatable bonds is 1. The summed E-state index contributed by atoms with van der Waals surface area (Å²) < 4.78 is 1.97. The lowest BCUT2D eigenvalue weighted by molar-refractivity contribution is 0.776. The van der Waals surface area contributed by atoms with Crippen molar-refractivity contribution < 1.29 is 0 Å². The summed E-state index contributed by atoms with van der Waals surface area (Å²) >= 11 is 5.55. The fourth-order valence-electron chi connectivity index (χ4n) is 0.685. The van der Waals surface area contributed by atoms with Crippen LogP contribution in [0.25, 0.3) is 0 Å². The minimum atomic E-state index is 0.00306. The lowest BCUT2D eigenvalue weighted by atomic mass is 10.2. The van der Waals surface area contributed by atoms with Crippen LogP contribution in [0, 0.1) is 3.57 Å². The van der Waals surface area contributed by atoms with Crippen molar-refractivity contribution in [3.8, 4) is 0 Å². The minimum absolute atomic E-state index is 0.00306. The van der Waals surface area contributed by atoms with E-state index in [2.05, 4.69) is 43.5 Å². The number of aromatic nitrogens is 1. The second kappa shape index (κ2) is 3.82. The number of halogens is 2. The van der Waals surface area contributed by atoms with E-state index in [0.717, 1.165) is 13.9 Å². The molecule has 0 aliphatic rings. The molecule has 0 spiro atoms. The van der Waals surface area contributed by atoms with Gasteiger partial charge in [-0.2, -0.15) is 0 Å². The minimum Gasteiger partial charge on any atom is -0.323 e. The first-order chi connectivity index (χ1) is 5.11. The first-order valence-corrected chi connectivity index (χ1v) is 5.06. The Morgan fingerprint density at radius 2 is 2.27 bits per heavy atom. The average molecular weight is 327 g/mol. The first kappa shape index (κ1) is 9.41. The van der Waals surface area contributed by atoms with Crippen LogP contribution < -0.4 is 5.73 Å². The van der Waals surface area contributed by atoms with Gasteiger partial charge in [0.2, 0.25) is 0 Å². The van der Waals surface area contributed by atoms with Gasteiger partial charge in [0.25, 0.3) is 0 Å². The van der Waals surface area contributed by atoms with E-state index in [0.29, 0.717) is 0 Å². The zero-order chi connectivity index (χ0) is 8.43. The second-order valence-electron chi connectivity index (χ2n) is 2.30. The fourth-order valence-corrected chi connectivity index (χ4v) is 1.32. The fraction of sp³-hybridized carbons (Fsp3) is 0.286. The molecular weight excluding hydrogens is 319 g/mol. The van der Waals surface area contributed by atoms with Crippen LogP contribution in [0.5, 0.6) is 0 Å². The second-order valence-corrected chi connectivity index (χ2v) is 4.21. The molecule has 0 aliphatic heterocycles. The molecular formula is C7H8BrIN2. The predicted molar refractivity (Wildman–Crippen MR) is 57.3 cm³/mol. The Morgan fingerprint density at radius 1 is 1.64 bits per heavy atom. The van der Waals surface area contributed by atoms with E-state index < -0.39 is 0 Å². The summed E-state index contributed by atoms with van der Waals surface area (Å²) in [6.07, 6.45) is 0. The van der Waals surface area contributed by atoms with Gasteiger partial charge in [-0.3, -0.25) is 0 Å². The Kier molecular flexibility index (Phi) is 3.27. The maximum atomic E-state index is 5.65. The molecule has 0 unspecified atom stereocenters. The Balaban J connectivity index is 3.05. The topological polar surface area (TPSA) is 38.9 Å². The van der Waals surface area contributed by atoms with Crippen molar-refractivity contribution >= 4 is 38.5 Å². The van der Waals surface area contributed by atoms with Crippen LogP contribution in [0.3, 0.4) is 0 Å². The van der Waals surface area contributed by atoms with E-state index >= 15 is 0 Å². The maximum absolute atomic E-state index is 5.65. The Bertz CT molecular complexity index is 263. The Labute approximate surface area is 87.9 Å². The van der Waals surface area contributed by atoms with Gasteiger partial charge in [-0.15, -0.1) is 0 Å². The van der Waals surface area contributed by atoms with Gasteiger partial charge in [-0.1, -0.05) is 0 Å². The summed E-state index contributed by atoms with van der Waals surface area (Å²) in [7, 11) is 0. The van der Waals surface area contributed by atoms with E-state index in [1.807, 2.05) is 19.1 Å². The summed E-state index contributed by atoms with van der Waals surface area (Å²) in [6, 6.07) is 3.94. The van der Waals surface area contributed by atoms with Crippen LogP contribution in [0.4, 0.5) is 0 Å². The van der Waals surface area contributed by atoms with E-state index in [-0.39, 0.29) is 6.04 Å². The third-order valence-corrected chi connectivity index (χ3v) is 3.51. The molecule has 0 aliphatic carbocycles. The Hall–Kier alpha value is 0.320. The largest absolute Gasteiger partial charge is 0.323 e. The molecule has 0 saturated heterocycles. The molecule has 60 valence electrons. The third-order valence-electron chi connectivity index (χ3n) is 1.29. The van der Waals surface area contributed by atoms with Gasteiger partial charge in [0.1, 0.15) is 4.60 Å². The molecule has 1 aromatic heterocycles. The van der Waals surface area contributed by atoms with E-state index in [4.69, 9.17) is 5.73 Å². The standard InChI is InChI=1S/C7H8BrIN2/c1-4(10)6-3-2-5(9)7(8)11-6/h2-4H,10H2,1H3/t4-/m0/s1. The average Bonchev–Trinajstić information content (AvgIpc) is 1.94. The molecule has 0 amide bonds. The molecule has 11 heavy (non-hydrogen) atoms. The van der Waals surface area contributed by atoms with Crippen molar-refractivity contribution in [1.82, 2.24) is 4.98 Å². The maximum Gasteiger partial charge on any atom is 0.119 e. The highest BCUT2D eigenvalue weighted by atomic mass is 127. The quantitative estimate of drug-likeness (QED) is 0.636. The monoisotopic (exact) mass is 326 g/mol. The molecule has 2 N–H and O–H groups in total. The molecule has 0 aromatic carbocycles. The first-order valence-electron chi connectivity index (χ1n) is 3.19. The lowest BCUT2D eigenvalue weighted by Gasteiger charge is -2.04. The zero-order valence-corrected chi connectivity index (χ0v) is 9.76. The van der Waals surface area contributed by atoms with E-state index in [9.17, 15) is 0 Å². The van der Waals surface area contributed by atoms with Crippen LogP contribution in [0.15, 0.2) is 16.7 Å². The number of nitrogens with zero attached hydrogens (tertiary/aromatic N) is 1. The van der Waals surface area contributed by atoms with Crippen molar-refractivity contribution in [2.75, 3.05) is 0 Å². The van der Waals surface area contributed by atoms with Crippen molar-refractivity contribution in [3.63, 3.8) is 0 Å².